The molecule has 2 aliphatic rings. The third-order valence-corrected chi connectivity index (χ3v) is 5.73. The summed E-state index contributed by atoms with van der Waals surface area (Å²) in [6, 6.07) is 0.00788. The summed E-state index contributed by atoms with van der Waals surface area (Å²) < 4.78 is 0. The predicted molar refractivity (Wildman–Crippen MR) is 89.7 cm³/mol. The number of hydrogen-bond donors (Lipinski definition) is 2. The van der Waals surface area contributed by atoms with Crippen molar-refractivity contribution in [2.75, 3.05) is 26.2 Å². The fraction of sp³-hybridized carbons (Fsp3) is 0.833. The molecule has 1 heterocycles. The summed E-state index contributed by atoms with van der Waals surface area (Å²) in [5.74, 6) is 0.331. The van der Waals surface area contributed by atoms with Crippen LogP contribution in [0.15, 0.2) is 11.6 Å². The minimum atomic E-state index is -0.168. The molecule has 2 amide bonds. The number of hydrogen-bond acceptors (Lipinski definition) is 2. The molecule has 126 valence electrons. The van der Waals surface area contributed by atoms with Crippen LogP contribution in [0.1, 0.15) is 53.4 Å². The lowest BCUT2D eigenvalue weighted by Crippen LogP contribution is -2.44. The average molecular weight is 308 g/mol. The Bertz CT molecular complexity index is 444. The van der Waals surface area contributed by atoms with E-state index < -0.39 is 0 Å². The number of urea groups is 1. The van der Waals surface area contributed by atoms with Crippen molar-refractivity contribution in [3.63, 3.8) is 0 Å². The van der Waals surface area contributed by atoms with Crippen LogP contribution in [0.5, 0.6) is 0 Å². The molecule has 2 rings (SSSR count). The Kier molecular flexibility index (Phi) is 5.21. The van der Waals surface area contributed by atoms with Crippen LogP contribution >= 0.6 is 0 Å². The summed E-state index contributed by atoms with van der Waals surface area (Å²) in [6.45, 7) is 10.8. The first-order valence-corrected chi connectivity index (χ1v) is 8.62. The van der Waals surface area contributed by atoms with Gasteiger partial charge in [-0.25, -0.2) is 4.79 Å². The second kappa shape index (κ2) is 6.61. The van der Waals surface area contributed by atoms with Gasteiger partial charge in [-0.05, 0) is 31.6 Å². The summed E-state index contributed by atoms with van der Waals surface area (Å²) >= 11 is 0. The SMILES string of the molecule is CC1CN(C(=O)NCC(C)(C)C2=CCCCC2)CC1(C)CO. The van der Waals surface area contributed by atoms with Crippen LogP contribution in [0.3, 0.4) is 0 Å². The van der Waals surface area contributed by atoms with Crippen LogP contribution in [-0.4, -0.2) is 42.3 Å². The van der Waals surface area contributed by atoms with E-state index in [1.54, 1.807) is 0 Å². The second-order valence-electron chi connectivity index (χ2n) is 8.11. The highest BCUT2D eigenvalue weighted by atomic mass is 16.3. The summed E-state index contributed by atoms with van der Waals surface area (Å²) in [5.41, 5.74) is 1.34. The first-order valence-electron chi connectivity index (χ1n) is 8.62. The summed E-state index contributed by atoms with van der Waals surface area (Å²) in [5, 5.41) is 12.7. The summed E-state index contributed by atoms with van der Waals surface area (Å²) in [6.07, 6.45) is 7.24. The monoisotopic (exact) mass is 308 g/mol. The molecule has 4 heteroatoms. The van der Waals surface area contributed by atoms with Crippen molar-refractivity contribution >= 4 is 6.03 Å². The molecule has 2 atom stereocenters. The van der Waals surface area contributed by atoms with Gasteiger partial charge in [-0.3, -0.25) is 0 Å². The van der Waals surface area contributed by atoms with Crippen LogP contribution < -0.4 is 5.32 Å². The van der Waals surface area contributed by atoms with Gasteiger partial charge in [-0.15, -0.1) is 0 Å². The lowest BCUT2D eigenvalue weighted by atomic mass is 9.78. The van der Waals surface area contributed by atoms with Crippen molar-refractivity contribution in [3.05, 3.63) is 11.6 Å². The topological polar surface area (TPSA) is 52.6 Å². The Hall–Kier alpha value is -1.03. The quantitative estimate of drug-likeness (QED) is 0.784. The van der Waals surface area contributed by atoms with Crippen LogP contribution in [0.25, 0.3) is 0 Å². The van der Waals surface area contributed by atoms with E-state index in [2.05, 4.69) is 39.1 Å². The van der Waals surface area contributed by atoms with Gasteiger partial charge in [0.1, 0.15) is 0 Å². The summed E-state index contributed by atoms with van der Waals surface area (Å²) in [7, 11) is 0. The van der Waals surface area contributed by atoms with Gasteiger partial charge in [0.25, 0.3) is 0 Å². The molecule has 1 aliphatic carbocycles. The highest BCUT2D eigenvalue weighted by molar-refractivity contribution is 5.74. The van der Waals surface area contributed by atoms with E-state index in [1.165, 1.54) is 24.8 Å². The van der Waals surface area contributed by atoms with Gasteiger partial charge in [-0.2, -0.15) is 0 Å². The maximum Gasteiger partial charge on any atom is 0.317 e. The molecule has 0 radical (unpaired) electrons. The van der Waals surface area contributed by atoms with Crippen LogP contribution in [0, 0.1) is 16.7 Å². The molecule has 0 saturated carbocycles. The molecule has 4 nitrogen and oxygen atoms in total. The van der Waals surface area contributed by atoms with Crippen LogP contribution in [-0.2, 0) is 0 Å². The molecule has 0 spiro atoms. The smallest absolute Gasteiger partial charge is 0.317 e. The molecule has 0 aromatic rings. The van der Waals surface area contributed by atoms with Crippen LogP contribution in [0.2, 0.25) is 0 Å². The number of amides is 2. The number of carbonyl (C=O) groups excluding carboxylic acids is 1. The van der Waals surface area contributed by atoms with E-state index in [0.29, 0.717) is 19.0 Å². The zero-order valence-corrected chi connectivity index (χ0v) is 14.6. The van der Waals surface area contributed by atoms with Crippen molar-refractivity contribution in [2.45, 2.75) is 53.4 Å². The van der Waals surface area contributed by atoms with E-state index in [0.717, 1.165) is 13.0 Å². The van der Waals surface area contributed by atoms with E-state index >= 15 is 0 Å². The molecule has 22 heavy (non-hydrogen) atoms. The number of aliphatic hydroxyl groups excluding tert-OH is 1. The molecule has 1 saturated heterocycles. The Balaban J connectivity index is 1.89. The van der Waals surface area contributed by atoms with E-state index in [9.17, 15) is 9.90 Å². The zero-order valence-electron chi connectivity index (χ0n) is 14.6. The van der Waals surface area contributed by atoms with Crippen molar-refractivity contribution in [2.24, 2.45) is 16.7 Å². The number of carbonyl (C=O) groups is 1. The Labute approximate surface area is 135 Å². The van der Waals surface area contributed by atoms with Gasteiger partial charge < -0.3 is 15.3 Å². The van der Waals surface area contributed by atoms with E-state index in [-0.39, 0.29) is 23.5 Å². The molecule has 0 aromatic carbocycles. The van der Waals surface area contributed by atoms with Gasteiger partial charge in [0.2, 0.25) is 0 Å². The normalized spacial score (nSPS) is 29.4. The third-order valence-electron chi connectivity index (χ3n) is 5.73. The Morgan fingerprint density at radius 1 is 1.50 bits per heavy atom. The fourth-order valence-corrected chi connectivity index (χ4v) is 3.54. The minimum absolute atomic E-state index is 0.00788. The number of likely N-dealkylation sites (tertiary alicyclic amines) is 1. The standard InChI is InChI=1S/C18H32N2O2/c1-14-10-20(12-18(14,4)13-21)16(22)19-11-17(2,3)15-8-6-5-7-9-15/h8,14,21H,5-7,9-13H2,1-4H3,(H,19,22). The van der Waals surface area contributed by atoms with Crippen molar-refractivity contribution in [3.8, 4) is 0 Å². The number of allylic oxidation sites excluding steroid dienone is 1. The highest BCUT2D eigenvalue weighted by Gasteiger charge is 2.41. The van der Waals surface area contributed by atoms with Crippen molar-refractivity contribution in [1.82, 2.24) is 10.2 Å². The molecule has 1 aliphatic heterocycles. The predicted octanol–water partition coefficient (Wildman–Crippen LogP) is 3.17. The molecule has 0 bridgehead atoms. The molecular formula is C18H32N2O2. The molecule has 2 N–H and O–H groups in total. The van der Waals surface area contributed by atoms with Gasteiger partial charge in [0.15, 0.2) is 0 Å². The zero-order chi connectivity index (χ0) is 16.4. The number of aliphatic hydroxyl groups is 1. The lowest BCUT2D eigenvalue weighted by Gasteiger charge is -2.31. The maximum atomic E-state index is 12.4. The van der Waals surface area contributed by atoms with Gasteiger partial charge >= 0.3 is 6.03 Å². The fourth-order valence-electron chi connectivity index (χ4n) is 3.54. The molecule has 0 aromatic heterocycles. The molecule has 1 fully saturated rings. The Morgan fingerprint density at radius 2 is 2.23 bits per heavy atom. The number of nitrogens with zero attached hydrogens (tertiary/aromatic N) is 1. The third kappa shape index (κ3) is 3.65. The van der Waals surface area contributed by atoms with Gasteiger partial charge in [-0.1, -0.05) is 39.3 Å². The van der Waals surface area contributed by atoms with E-state index in [4.69, 9.17) is 0 Å². The first-order chi connectivity index (χ1) is 10.3. The average Bonchev–Trinajstić information content (AvgIpc) is 2.82. The molecule has 2 unspecified atom stereocenters. The number of rotatable bonds is 4. The largest absolute Gasteiger partial charge is 0.396 e. The van der Waals surface area contributed by atoms with Crippen LogP contribution in [0.4, 0.5) is 4.79 Å². The van der Waals surface area contributed by atoms with Gasteiger partial charge in [0.05, 0.1) is 6.61 Å². The van der Waals surface area contributed by atoms with Gasteiger partial charge in [0, 0.05) is 30.5 Å². The van der Waals surface area contributed by atoms with Crippen molar-refractivity contribution in [1.29, 1.82) is 0 Å². The summed E-state index contributed by atoms with van der Waals surface area (Å²) in [4.78, 5) is 14.3. The second-order valence-corrected chi connectivity index (χ2v) is 8.11. The molecular weight excluding hydrogens is 276 g/mol. The first kappa shape index (κ1) is 17.3. The minimum Gasteiger partial charge on any atom is -0.396 e. The lowest BCUT2D eigenvalue weighted by molar-refractivity contribution is 0.118. The van der Waals surface area contributed by atoms with Crippen molar-refractivity contribution < 1.29 is 9.90 Å². The Morgan fingerprint density at radius 3 is 2.77 bits per heavy atom. The highest BCUT2D eigenvalue weighted by Crippen LogP contribution is 2.35. The maximum absolute atomic E-state index is 12.4. The van der Waals surface area contributed by atoms with E-state index in [1.807, 2.05) is 4.90 Å². The number of nitrogens with one attached hydrogen (secondary N) is 1.